The van der Waals surface area contributed by atoms with Crippen molar-refractivity contribution in [2.24, 2.45) is 5.73 Å². The smallest absolute Gasteiger partial charge is 0.119 e. The van der Waals surface area contributed by atoms with E-state index in [0.29, 0.717) is 23.7 Å². The Labute approximate surface area is 94.8 Å². The number of rotatable bonds is 5. The summed E-state index contributed by atoms with van der Waals surface area (Å²) in [5.41, 5.74) is 6.27. The average Bonchev–Trinajstić information content (AvgIpc) is 2.20. The minimum Gasteiger partial charge on any atom is -0.491 e. The first-order chi connectivity index (χ1) is 7.13. The van der Waals surface area contributed by atoms with Crippen molar-refractivity contribution in [2.75, 3.05) is 13.2 Å². The number of hydrogen-bond donors (Lipinski definition) is 2. The van der Waals surface area contributed by atoms with Gasteiger partial charge in [0.1, 0.15) is 12.4 Å². The van der Waals surface area contributed by atoms with Crippen LogP contribution in [0.2, 0.25) is 5.02 Å². The fourth-order valence-electron chi connectivity index (χ4n) is 1.18. The van der Waals surface area contributed by atoms with Crippen LogP contribution in [0.4, 0.5) is 0 Å². The first kappa shape index (κ1) is 12.3. The zero-order valence-corrected chi connectivity index (χ0v) is 9.50. The summed E-state index contributed by atoms with van der Waals surface area (Å²) in [7, 11) is 0. The molecule has 0 aliphatic heterocycles. The van der Waals surface area contributed by atoms with Crippen LogP contribution < -0.4 is 10.5 Å². The van der Waals surface area contributed by atoms with Crippen molar-refractivity contribution >= 4 is 11.6 Å². The summed E-state index contributed by atoms with van der Waals surface area (Å²) in [6.07, 6.45) is 0.0398. The first-order valence-corrected chi connectivity index (χ1v) is 5.28. The summed E-state index contributed by atoms with van der Waals surface area (Å²) >= 11 is 5.87. The van der Waals surface area contributed by atoms with Gasteiger partial charge in [-0.15, -0.1) is 0 Å². The third kappa shape index (κ3) is 4.08. The Kier molecular flexibility index (Phi) is 4.88. The van der Waals surface area contributed by atoms with E-state index in [1.807, 2.05) is 13.0 Å². The molecule has 84 valence electrons. The van der Waals surface area contributed by atoms with Gasteiger partial charge in [0.25, 0.3) is 0 Å². The number of benzene rings is 1. The summed E-state index contributed by atoms with van der Waals surface area (Å²) in [4.78, 5) is 0. The number of nitrogens with two attached hydrogens (primary N) is 1. The fraction of sp³-hybridized carbons (Fsp3) is 0.455. The van der Waals surface area contributed by atoms with Gasteiger partial charge in [0, 0.05) is 5.02 Å². The van der Waals surface area contributed by atoms with E-state index >= 15 is 0 Å². The third-order valence-electron chi connectivity index (χ3n) is 2.07. The summed E-state index contributed by atoms with van der Waals surface area (Å²) in [5.74, 6) is 0.716. The van der Waals surface area contributed by atoms with Crippen molar-refractivity contribution in [3.63, 3.8) is 0 Å². The van der Waals surface area contributed by atoms with Gasteiger partial charge in [0.05, 0.1) is 6.10 Å². The molecule has 0 aromatic heterocycles. The minimum atomic E-state index is -0.508. The highest BCUT2D eigenvalue weighted by molar-refractivity contribution is 6.31. The summed E-state index contributed by atoms with van der Waals surface area (Å²) in [6, 6.07) is 5.41. The largest absolute Gasteiger partial charge is 0.491 e. The molecule has 0 saturated carbocycles. The molecule has 0 radical (unpaired) electrons. The molecule has 1 aromatic rings. The molecular formula is C11H16ClNO2. The topological polar surface area (TPSA) is 55.5 Å². The molecule has 4 heteroatoms. The van der Waals surface area contributed by atoms with Gasteiger partial charge in [0.15, 0.2) is 0 Å². The lowest BCUT2D eigenvalue weighted by Crippen LogP contribution is -2.21. The zero-order valence-electron chi connectivity index (χ0n) is 8.74. The number of hydrogen-bond acceptors (Lipinski definition) is 3. The lowest BCUT2D eigenvalue weighted by atomic mass is 10.2. The van der Waals surface area contributed by atoms with Crippen LogP contribution >= 0.6 is 11.6 Å². The predicted molar refractivity (Wildman–Crippen MR) is 61.4 cm³/mol. The molecule has 0 bridgehead atoms. The fourth-order valence-corrected chi connectivity index (χ4v) is 1.29. The SMILES string of the molecule is Cc1cc(OCC(O)CCN)ccc1Cl. The summed E-state index contributed by atoms with van der Waals surface area (Å²) in [5, 5.41) is 10.1. The quantitative estimate of drug-likeness (QED) is 0.809. The molecule has 15 heavy (non-hydrogen) atoms. The van der Waals surface area contributed by atoms with Gasteiger partial charge >= 0.3 is 0 Å². The van der Waals surface area contributed by atoms with Gasteiger partial charge in [-0.05, 0) is 43.7 Å². The maximum absolute atomic E-state index is 9.40. The molecule has 0 aliphatic rings. The van der Waals surface area contributed by atoms with Crippen LogP contribution in [0.25, 0.3) is 0 Å². The van der Waals surface area contributed by atoms with E-state index in [9.17, 15) is 5.11 Å². The third-order valence-corrected chi connectivity index (χ3v) is 2.50. The normalized spacial score (nSPS) is 12.5. The molecule has 1 aromatic carbocycles. The molecule has 1 rings (SSSR count). The summed E-state index contributed by atoms with van der Waals surface area (Å²) in [6.45, 7) is 2.63. The number of ether oxygens (including phenoxy) is 1. The maximum atomic E-state index is 9.40. The van der Waals surface area contributed by atoms with Gasteiger partial charge in [-0.3, -0.25) is 0 Å². The van der Waals surface area contributed by atoms with Gasteiger partial charge in [-0.2, -0.15) is 0 Å². The zero-order chi connectivity index (χ0) is 11.3. The molecule has 0 heterocycles. The van der Waals surface area contributed by atoms with Gasteiger partial charge in [-0.25, -0.2) is 0 Å². The lowest BCUT2D eigenvalue weighted by molar-refractivity contribution is 0.102. The van der Waals surface area contributed by atoms with E-state index in [2.05, 4.69) is 0 Å². The molecule has 0 amide bonds. The van der Waals surface area contributed by atoms with Crippen LogP contribution in [-0.4, -0.2) is 24.4 Å². The van der Waals surface area contributed by atoms with Gasteiger partial charge in [0.2, 0.25) is 0 Å². The molecule has 1 unspecified atom stereocenters. The van der Waals surface area contributed by atoms with E-state index < -0.39 is 6.10 Å². The molecule has 1 atom stereocenters. The van der Waals surface area contributed by atoms with E-state index in [4.69, 9.17) is 22.1 Å². The standard InChI is InChI=1S/C11H16ClNO2/c1-8-6-10(2-3-11(8)12)15-7-9(14)4-5-13/h2-3,6,9,14H,4-5,7,13H2,1H3. The lowest BCUT2D eigenvalue weighted by Gasteiger charge is -2.11. The van der Waals surface area contributed by atoms with Crippen LogP contribution in [0, 0.1) is 6.92 Å². The van der Waals surface area contributed by atoms with Crippen molar-refractivity contribution in [1.29, 1.82) is 0 Å². The summed E-state index contributed by atoms with van der Waals surface area (Å²) < 4.78 is 5.39. The van der Waals surface area contributed by atoms with E-state index in [1.165, 1.54) is 0 Å². The van der Waals surface area contributed by atoms with Crippen molar-refractivity contribution in [3.05, 3.63) is 28.8 Å². The Morgan fingerprint density at radius 2 is 2.27 bits per heavy atom. The minimum absolute atomic E-state index is 0.262. The Bertz CT molecular complexity index is 317. The molecule has 0 aliphatic carbocycles. The number of aryl methyl sites for hydroxylation is 1. The second-order valence-electron chi connectivity index (χ2n) is 3.45. The monoisotopic (exact) mass is 229 g/mol. The second-order valence-corrected chi connectivity index (χ2v) is 3.86. The number of aliphatic hydroxyl groups excluding tert-OH is 1. The van der Waals surface area contributed by atoms with Crippen LogP contribution in [0.1, 0.15) is 12.0 Å². The van der Waals surface area contributed by atoms with Crippen LogP contribution in [0.3, 0.4) is 0 Å². The number of aliphatic hydroxyl groups is 1. The molecule has 0 spiro atoms. The van der Waals surface area contributed by atoms with Crippen LogP contribution in [0.15, 0.2) is 18.2 Å². The molecule has 0 saturated heterocycles. The number of halogens is 1. The Morgan fingerprint density at radius 1 is 1.53 bits per heavy atom. The van der Waals surface area contributed by atoms with Crippen molar-refractivity contribution in [1.82, 2.24) is 0 Å². The van der Waals surface area contributed by atoms with Gasteiger partial charge < -0.3 is 15.6 Å². The highest BCUT2D eigenvalue weighted by atomic mass is 35.5. The van der Waals surface area contributed by atoms with Crippen molar-refractivity contribution < 1.29 is 9.84 Å². The van der Waals surface area contributed by atoms with E-state index in [0.717, 1.165) is 5.56 Å². The second kappa shape index (κ2) is 5.95. The molecular weight excluding hydrogens is 214 g/mol. The van der Waals surface area contributed by atoms with E-state index in [1.54, 1.807) is 12.1 Å². The Balaban J connectivity index is 2.47. The van der Waals surface area contributed by atoms with Gasteiger partial charge in [-0.1, -0.05) is 11.6 Å². The highest BCUT2D eigenvalue weighted by Gasteiger charge is 2.04. The highest BCUT2D eigenvalue weighted by Crippen LogP contribution is 2.21. The van der Waals surface area contributed by atoms with Crippen LogP contribution in [-0.2, 0) is 0 Å². The van der Waals surface area contributed by atoms with Crippen molar-refractivity contribution in [3.8, 4) is 5.75 Å². The predicted octanol–water partition coefficient (Wildman–Crippen LogP) is 1.74. The Hall–Kier alpha value is -0.770. The molecule has 3 nitrogen and oxygen atoms in total. The van der Waals surface area contributed by atoms with E-state index in [-0.39, 0.29) is 6.61 Å². The molecule has 0 fully saturated rings. The maximum Gasteiger partial charge on any atom is 0.119 e. The Morgan fingerprint density at radius 3 is 2.87 bits per heavy atom. The first-order valence-electron chi connectivity index (χ1n) is 4.90. The van der Waals surface area contributed by atoms with Crippen LogP contribution in [0.5, 0.6) is 5.75 Å². The van der Waals surface area contributed by atoms with Crippen molar-refractivity contribution in [2.45, 2.75) is 19.4 Å². The molecule has 3 N–H and O–H groups in total. The average molecular weight is 230 g/mol.